The number of carbonyl (C=O) groups is 3. The van der Waals surface area contributed by atoms with Crippen molar-refractivity contribution in [2.75, 3.05) is 6.54 Å². The number of aliphatic hydroxyl groups is 3. The molecule has 0 heterocycles. The minimum atomic E-state index is -0.619. The highest BCUT2D eigenvalue weighted by molar-refractivity contribution is 5.76. The summed E-state index contributed by atoms with van der Waals surface area (Å²) in [5, 5.41) is 33.9. The molecule has 0 saturated heterocycles. The molecule has 228 valence electrons. The number of unbranched alkanes of at least 4 members (excludes halogenated alkanes) is 3. The van der Waals surface area contributed by atoms with Crippen LogP contribution in [0, 0.1) is 11.8 Å². The van der Waals surface area contributed by atoms with E-state index in [9.17, 15) is 29.7 Å². The molecule has 1 amide bonds. The van der Waals surface area contributed by atoms with E-state index < -0.39 is 30.3 Å². The van der Waals surface area contributed by atoms with Crippen LogP contribution in [-0.4, -0.2) is 58.0 Å². The number of esters is 2. The van der Waals surface area contributed by atoms with Crippen LogP contribution in [0.15, 0.2) is 42.5 Å². The zero-order valence-corrected chi connectivity index (χ0v) is 24.6. The Morgan fingerprint density at radius 1 is 1.02 bits per heavy atom. The molecule has 1 unspecified atom stereocenters. The van der Waals surface area contributed by atoms with Gasteiger partial charge in [0, 0.05) is 39.2 Å². The number of hydrogen-bond donors (Lipinski definition) is 4. The number of ether oxygens (including phenoxy) is 2. The van der Waals surface area contributed by atoms with Gasteiger partial charge >= 0.3 is 11.9 Å². The van der Waals surface area contributed by atoms with E-state index in [1.807, 2.05) is 18.2 Å². The molecule has 1 aromatic rings. The molecular formula is C32H47NO8. The van der Waals surface area contributed by atoms with E-state index in [4.69, 9.17) is 9.47 Å². The maximum Gasteiger partial charge on any atom is 0.308 e. The van der Waals surface area contributed by atoms with Crippen LogP contribution >= 0.6 is 0 Å². The average Bonchev–Trinajstić information content (AvgIpc) is 3.17. The van der Waals surface area contributed by atoms with Crippen molar-refractivity contribution < 1.29 is 39.2 Å². The van der Waals surface area contributed by atoms with E-state index in [0.717, 1.165) is 31.2 Å². The summed E-state index contributed by atoms with van der Waals surface area (Å²) in [5.41, 5.74) is 0.818. The van der Waals surface area contributed by atoms with Gasteiger partial charge in [-0.1, -0.05) is 56.6 Å². The lowest BCUT2D eigenvalue weighted by Gasteiger charge is -2.19. The van der Waals surface area contributed by atoms with Gasteiger partial charge in [0.15, 0.2) is 11.5 Å². The normalized spacial score (nSPS) is 21.3. The second kappa shape index (κ2) is 18.4. The van der Waals surface area contributed by atoms with Gasteiger partial charge in [-0.3, -0.25) is 14.4 Å². The molecule has 4 N–H and O–H groups in total. The molecule has 0 spiro atoms. The van der Waals surface area contributed by atoms with Gasteiger partial charge in [-0.05, 0) is 55.7 Å². The number of nitrogens with one attached hydrogen (secondary N) is 1. The van der Waals surface area contributed by atoms with Crippen molar-refractivity contribution in [3.8, 4) is 11.5 Å². The number of benzene rings is 1. The maximum absolute atomic E-state index is 12.2. The van der Waals surface area contributed by atoms with Crippen LogP contribution in [0.1, 0.15) is 84.1 Å². The topological polar surface area (TPSA) is 142 Å². The summed E-state index contributed by atoms with van der Waals surface area (Å²) < 4.78 is 10.2. The smallest absolute Gasteiger partial charge is 0.308 e. The van der Waals surface area contributed by atoms with Crippen molar-refractivity contribution >= 4 is 17.8 Å². The number of aliphatic hydroxyl groups excluding tert-OH is 3. The third kappa shape index (κ3) is 13.0. The lowest BCUT2D eigenvalue weighted by Crippen LogP contribution is -2.25. The summed E-state index contributed by atoms with van der Waals surface area (Å²) in [5.74, 6) is -1.08. The molecule has 1 fully saturated rings. The predicted octanol–water partition coefficient (Wildman–Crippen LogP) is 4.17. The SMILES string of the molecule is CCCCCC(O)/C=C/[C@@H]1[C@@H](C/C=C/CCCC(=O)NCCc2ccc(OC(C)=O)c(OC(C)=O)c2)[C@@H](O)C[C@H]1O. The Kier molecular flexibility index (Phi) is 15.4. The van der Waals surface area contributed by atoms with E-state index in [-0.39, 0.29) is 29.2 Å². The zero-order valence-electron chi connectivity index (χ0n) is 24.6. The van der Waals surface area contributed by atoms with Crippen molar-refractivity contribution in [1.29, 1.82) is 0 Å². The third-order valence-electron chi connectivity index (χ3n) is 7.18. The number of carbonyl (C=O) groups excluding carboxylic acids is 3. The zero-order chi connectivity index (χ0) is 30.2. The number of amides is 1. The Balaban J connectivity index is 1.71. The highest BCUT2D eigenvalue weighted by Crippen LogP contribution is 2.36. The fourth-order valence-electron chi connectivity index (χ4n) is 5.03. The summed E-state index contributed by atoms with van der Waals surface area (Å²) in [4.78, 5) is 34.9. The van der Waals surface area contributed by atoms with Gasteiger partial charge in [-0.25, -0.2) is 0 Å². The molecule has 9 heteroatoms. The molecule has 41 heavy (non-hydrogen) atoms. The molecule has 2 rings (SSSR count). The standard InChI is InChI=1S/C32H47NO8/c1-4-5-8-11-25(36)15-16-27-26(28(37)21-29(27)38)12-9-6-7-10-13-32(39)33-19-18-24-14-17-30(40-22(2)34)31(20-24)41-23(3)35/h6,9,14-17,20,25-29,36-38H,4-5,7-8,10-13,18-19,21H2,1-3H3,(H,33,39)/b9-6+,16-15+/t25?,26-,27-,28+,29-/m1/s1. The fraction of sp³-hybridized carbons (Fsp3) is 0.594. The fourth-order valence-corrected chi connectivity index (χ4v) is 5.03. The molecule has 0 bridgehead atoms. The van der Waals surface area contributed by atoms with Gasteiger partial charge in [-0.2, -0.15) is 0 Å². The van der Waals surface area contributed by atoms with Crippen LogP contribution in [0.3, 0.4) is 0 Å². The third-order valence-corrected chi connectivity index (χ3v) is 7.18. The first-order valence-electron chi connectivity index (χ1n) is 14.7. The monoisotopic (exact) mass is 573 g/mol. The van der Waals surface area contributed by atoms with Crippen LogP contribution in [0.2, 0.25) is 0 Å². The van der Waals surface area contributed by atoms with Crippen molar-refractivity contribution in [3.05, 3.63) is 48.1 Å². The van der Waals surface area contributed by atoms with E-state index in [1.165, 1.54) is 13.8 Å². The Morgan fingerprint density at radius 2 is 1.76 bits per heavy atom. The molecule has 1 aliphatic carbocycles. The quantitative estimate of drug-likeness (QED) is 0.0942. The lowest BCUT2D eigenvalue weighted by molar-refractivity contribution is -0.134. The van der Waals surface area contributed by atoms with E-state index >= 15 is 0 Å². The van der Waals surface area contributed by atoms with Gasteiger partial charge in [0.2, 0.25) is 5.91 Å². The molecule has 9 nitrogen and oxygen atoms in total. The van der Waals surface area contributed by atoms with Crippen LogP contribution in [0.4, 0.5) is 0 Å². The first-order valence-corrected chi connectivity index (χ1v) is 14.7. The minimum absolute atomic E-state index is 0.0628. The second-order valence-electron chi connectivity index (χ2n) is 10.7. The highest BCUT2D eigenvalue weighted by Gasteiger charge is 2.39. The summed E-state index contributed by atoms with van der Waals surface area (Å²) >= 11 is 0. The second-order valence-corrected chi connectivity index (χ2v) is 10.7. The predicted molar refractivity (Wildman–Crippen MR) is 156 cm³/mol. The Hall–Kier alpha value is -3.01. The van der Waals surface area contributed by atoms with Gasteiger partial charge < -0.3 is 30.1 Å². The summed E-state index contributed by atoms with van der Waals surface area (Å²) in [6, 6.07) is 4.93. The number of allylic oxidation sites excluding steroid dienone is 2. The van der Waals surface area contributed by atoms with Crippen molar-refractivity contribution in [2.45, 2.75) is 103 Å². The van der Waals surface area contributed by atoms with E-state index in [1.54, 1.807) is 24.3 Å². The minimum Gasteiger partial charge on any atom is -0.423 e. The molecule has 5 atom stereocenters. The largest absolute Gasteiger partial charge is 0.423 e. The highest BCUT2D eigenvalue weighted by atomic mass is 16.6. The molecule has 0 aromatic heterocycles. The Morgan fingerprint density at radius 3 is 2.46 bits per heavy atom. The first kappa shape index (κ1) is 34.2. The van der Waals surface area contributed by atoms with Gasteiger partial charge in [0.05, 0.1) is 18.3 Å². The summed E-state index contributed by atoms with van der Waals surface area (Å²) in [6.45, 7) is 5.06. The van der Waals surface area contributed by atoms with E-state index in [0.29, 0.717) is 45.1 Å². The van der Waals surface area contributed by atoms with Gasteiger partial charge in [-0.15, -0.1) is 0 Å². The van der Waals surface area contributed by atoms with Crippen LogP contribution in [0.25, 0.3) is 0 Å². The molecule has 1 saturated carbocycles. The molecule has 0 radical (unpaired) electrons. The molecule has 1 aromatic carbocycles. The van der Waals surface area contributed by atoms with Gasteiger partial charge in [0.1, 0.15) is 0 Å². The summed E-state index contributed by atoms with van der Waals surface area (Å²) in [6.07, 6.45) is 13.0. The first-order chi connectivity index (χ1) is 19.6. The Labute approximate surface area is 243 Å². The molecular weight excluding hydrogens is 526 g/mol. The van der Waals surface area contributed by atoms with Crippen LogP contribution in [0.5, 0.6) is 11.5 Å². The summed E-state index contributed by atoms with van der Waals surface area (Å²) in [7, 11) is 0. The molecule has 1 aliphatic rings. The van der Waals surface area contributed by atoms with E-state index in [2.05, 4.69) is 12.2 Å². The van der Waals surface area contributed by atoms with Crippen LogP contribution < -0.4 is 14.8 Å². The number of hydrogen-bond acceptors (Lipinski definition) is 8. The average molecular weight is 574 g/mol. The number of rotatable bonds is 17. The Bertz CT molecular complexity index is 1040. The van der Waals surface area contributed by atoms with Crippen molar-refractivity contribution in [2.24, 2.45) is 11.8 Å². The lowest BCUT2D eigenvalue weighted by atomic mass is 9.89. The van der Waals surface area contributed by atoms with Crippen molar-refractivity contribution in [3.63, 3.8) is 0 Å². The van der Waals surface area contributed by atoms with Crippen molar-refractivity contribution in [1.82, 2.24) is 5.32 Å². The maximum atomic E-state index is 12.2. The van der Waals surface area contributed by atoms with Gasteiger partial charge in [0.25, 0.3) is 0 Å². The van der Waals surface area contributed by atoms with Crippen LogP contribution in [-0.2, 0) is 20.8 Å². The molecule has 0 aliphatic heterocycles.